The highest BCUT2D eigenvalue weighted by atomic mass is 16.3. The van der Waals surface area contributed by atoms with E-state index in [0.717, 1.165) is 11.0 Å². The van der Waals surface area contributed by atoms with Crippen LogP contribution in [0, 0.1) is 5.41 Å². The van der Waals surface area contributed by atoms with Crippen molar-refractivity contribution in [3.05, 3.63) is 30.1 Å². The van der Waals surface area contributed by atoms with E-state index in [9.17, 15) is 15.0 Å². The fourth-order valence-corrected chi connectivity index (χ4v) is 3.49. The van der Waals surface area contributed by atoms with Crippen LogP contribution in [0.3, 0.4) is 0 Å². The van der Waals surface area contributed by atoms with Crippen LogP contribution in [0.25, 0.3) is 11.0 Å². The van der Waals surface area contributed by atoms with Crippen molar-refractivity contribution in [3.8, 4) is 0 Å². The van der Waals surface area contributed by atoms with Gasteiger partial charge in [-0.25, -0.2) is 4.98 Å². The van der Waals surface area contributed by atoms with Crippen LogP contribution >= 0.6 is 0 Å². The lowest BCUT2D eigenvalue weighted by Crippen LogP contribution is -2.57. The van der Waals surface area contributed by atoms with Crippen molar-refractivity contribution in [2.75, 3.05) is 13.1 Å². The molecule has 0 bridgehead atoms. The summed E-state index contributed by atoms with van der Waals surface area (Å²) in [6, 6.07) is 7.70. The molecule has 0 unspecified atom stereocenters. The average Bonchev–Trinajstić information content (AvgIpc) is 2.93. The number of hydrogen-bond donors (Lipinski definition) is 2. The smallest absolute Gasteiger partial charge is 0.224 e. The molecule has 136 valence electrons. The number of carbonyl (C=O) groups is 1. The number of carbonyl (C=O) groups excluding carboxylic acids is 1. The van der Waals surface area contributed by atoms with E-state index in [4.69, 9.17) is 0 Å². The van der Waals surface area contributed by atoms with Crippen LogP contribution in [-0.2, 0) is 17.9 Å². The van der Waals surface area contributed by atoms with Crippen molar-refractivity contribution in [3.63, 3.8) is 0 Å². The maximum Gasteiger partial charge on any atom is 0.224 e. The molecule has 1 aromatic heterocycles. The first-order valence-electron chi connectivity index (χ1n) is 8.80. The van der Waals surface area contributed by atoms with E-state index in [-0.39, 0.29) is 17.9 Å². The van der Waals surface area contributed by atoms with Gasteiger partial charge in [0.1, 0.15) is 12.4 Å². The Labute approximate surface area is 148 Å². The summed E-state index contributed by atoms with van der Waals surface area (Å²) in [4.78, 5) is 18.9. The summed E-state index contributed by atoms with van der Waals surface area (Å²) in [6.45, 7) is 7.31. The van der Waals surface area contributed by atoms with E-state index in [0.29, 0.717) is 38.3 Å². The molecule has 2 N–H and O–H groups in total. The molecule has 1 amide bonds. The molecule has 0 aliphatic carbocycles. The third-order valence-electron chi connectivity index (χ3n) is 5.69. The molecular weight excluding hydrogens is 318 g/mol. The number of likely N-dealkylation sites (tertiary alicyclic amines) is 1. The summed E-state index contributed by atoms with van der Waals surface area (Å²) in [7, 11) is 0. The standard InChI is InChI=1S/C19H27N3O3/c1-18(2)13-21(11-9-19(18,3)25)17(24)8-10-22-15-7-5-4-6-14(15)20-16(22)12-23/h4-7,23,25H,8-13H2,1-3H3/t19-/m1/s1. The summed E-state index contributed by atoms with van der Waals surface area (Å²) in [5, 5.41) is 20.0. The van der Waals surface area contributed by atoms with Gasteiger partial charge in [-0.15, -0.1) is 0 Å². The molecule has 0 radical (unpaired) electrons. The van der Waals surface area contributed by atoms with Crippen molar-refractivity contribution in [2.45, 2.75) is 52.4 Å². The minimum atomic E-state index is -0.756. The molecule has 1 aliphatic heterocycles. The van der Waals surface area contributed by atoms with Gasteiger partial charge in [0, 0.05) is 31.5 Å². The predicted octanol–water partition coefficient (Wildman–Crippen LogP) is 1.93. The summed E-state index contributed by atoms with van der Waals surface area (Å²) >= 11 is 0. The van der Waals surface area contributed by atoms with E-state index in [1.807, 2.05) is 54.5 Å². The van der Waals surface area contributed by atoms with Crippen LogP contribution in [0.15, 0.2) is 24.3 Å². The molecule has 25 heavy (non-hydrogen) atoms. The molecular formula is C19H27N3O3. The molecule has 6 heteroatoms. The third-order valence-corrected chi connectivity index (χ3v) is 5.69. The van der Waals surface area contributed by atoms with Crippen LogP contribution in [0.5, 0.6) is 0 Å². The normalized spacial score (nSPS) is 23.2. The lowest BCUT2D eigenvalue weighted by atomic mass is 9.71. The lowest BCUT2D eigenvalue weighted by Gasteiger charge is -2.48. The summed E-state index contributed by atoms with van der Waals surface area (Å²) in [6.07, 6.45) is 0.938. The van der Waals surface area contributed by atoms with Gasteiger partial charge in [0.15, 0.2) is 0 Å². The number of nitrogens with zero attached hydrogens (tertiary/aromatic N) is 3. The highest BCUT2D eigenvalue weighted by Gasteiger charge is 2.44. The Morgan fingerprint density at radius 3 is 2.68 bits per heavy atom. The second kappa shape index (κ2) is 6.42. The van der Waals surface area contributed by atoms with Crippen molar-refractivity contribution in [1.82, 2.24) is 14.5 Å². The fourth-order valence-electron chi connectivity index (χ4n) is 3.49. The van der Waals surface area contributed by atoms with Crippen LogP contribution in [0.2, 0.25) is 0 Å². The van der Waals surface area contributed by atoms with E-state index in [1.165, 1.54) is 0 Å². The monoisotopic (exact) mass is 345 g/mol. The van der Waals surface area contributed by atoms with Gasteiger partial charge in [-0.05, 0) is 25.5 Å². The SMILES string of the molecule is CC1(C)CN(C(=O)CCn2c(CO)nc3ccccc32)CC[C@@]1(C)O. The topological polar surface area (TPSA) is 78.6 Å². The van der Waals surface area contributed by atoms with E-state index < -0.39 is 5.60 Å². The summed E-state index contributed by atoms with van der Waals surface area (Å²) < 4.78 is 1.92. The van der Waals surface area contributed by atoms with E-state index in [2.05, 4.69) is 4.98 Å². The maximum absolute atomic E-state index is 12.7. The highest BCUT2D eigenvalue weighted by molar-refractivity contribution is 5.78. The Kier molecular flexibility index (Phi) is 4.60. The molecule has 1 aromatic carbocycles. The van der Waals surface area contributed by atoms with Gasteiger partial charge in [-0.3, -0.25) is 4.79 Å². The number of aryl methyl sites for hydroxylation is 1. The molecule has 1 aliphatic rings. The summed E-state index contributed by atoms with van der Waals surface area (Å²) in [5.74, 6) is 0.654. The van der Waals surface area contributed by atoms with Crippen molar-refractivity contribution < 1.29 is 15.0 Å². The molecule has 2 aromatic rings. The Hall–Kier alpha value is -1.92. The van der Waals surface area contributed by atoms with Crippen LogP contribution in [0.1, 0.15) is 39.4 Å². The zero-order valence-electron chi connectivity index (χ0n) is 15.2. The molecule has 0 saturated carbocycles. The second-order valence-corrected chi connectivity index (χ2v) is 7.80. The first-order valence-corrected chi connectivity index (χ1v) is 8.80. The predicted molar refractivity (Wildman–Crippen MR) is 95.9 cm³/mol. The Bertz CT molecular complexity index is 779. The number of para-hydroxylation sites is 2. The fraction of sp³-hybridized carbons (Fsp3) is 0.579. The van der Waals surface area contributed by atoms with Crippen molar-refractivity contribution in [1.29, 1.82) is 0 Å². The van der Waals surface area contributed by atoms with Crippen molar-refractivity contribution in [2.24, 2.45) is 5.41 Å². The first-order chi connectivity index (χ1) is 11.7. The van der Waals surface area contributed by atoms with Crippen LogP contribution in [-0.4, -0.2) is 49.3 Å². The van der Waals surface area contributed by atoms with Gasteiger partial charge < -0.3 is 19.7 Å². The number of hydrogen-bond acceptors (Lipinski definition) is 4. The number of rotatable bonds is 4. The number of fused-ring (bicyclic) bond motifs is 1. The van der Waals surface area contributed by atoms with Gasteiger partial charge in [-0.2, -0.15) is 0 Å². The van der Waals surface area contributed by atoms with Crippen LogP contribution < -0.4 is 0 Å². The maximum atomic E-state index is 12.7. The molecule has 1 atom stereocenters. The quantitative estimate of drug-likeness (QED) is 0.887. The zero-order valence-corrected chi connectivity index (χ0v) is 15.2. The first kappa shape index (κ1) is 17.9. The number of imidazole rings is 1. The Morgan fingerprint density at radius 2 is 2.00 bits per heavy atom. The second-order valence-electron chi connectivity index (χ2n) is 7.80. The Balaban J connectivity index is 1.71. The van der Waals surface area contributed by atoms with E-state index >= 15 is 0 Å². The van der Waals surface area contributed by atoms with E-state index in [1.54, 1.807) is 0 Å². The number of piperidine rings is 1. The number of aromatic nitrogens is 2. The van der Waals surface area contributed by atoms with Gasteiger partial charge in [0.25, 0.3) is 0 Å². The van der Waals surface area contributed by atoms with Crippen LogP contribution in [0.4, 0.5) is 0 Å². The van der Waals surface area contributed by atoms with Gasteiger partial charge in [0.05, 0.1) is 16.6 Å². The lowest BCUT2D eigenvalue weighted by molar-refractivity contribution is -0.147. The molecule has 1 saturated heterocycles. The third kappa shape index (κ3) is 3.28. The largest absolute Gasteiger partial charge is 0.389 e. The molecule has 3 rings (SSSR count). The molecule has 6 nitrogen and oxygen atoms in total. The average molecular weight is 345 g/mol. The number of aliphatic hydroxyl groups excluding tert-OH is 1. The highest BCUT2D eigenvalue weighted by Crippen LogP contribution is 2.38. The minimum absolute atomic E-state index is 0.0743. The molecule has 2 heterocycles. The molecule has 1 fully saturated rings. The van der Waals surface area contributed by atoms with Gasteiger partial charge in [-0.1, -0.05) is 26.0 Å². The minimum Gasteiger partial charge on any atom is -0.389 e. The zero-order chi connectivity index (χ0) is 18.2. The Morgan fingerprint density at radius 1 is 1.28 bits per heavy atom. The molecule has 0 spiro atoms. The van der Waals surface area contributed by atoms with Crippen molar-refractivity contribution >= 4 is 16.9 Å². The summed E-state index contributed by atoms with van der Waals surface area (Å²) in [5.41, 5.74) is 0.670. The number of aliphatic hydroxyl groups is 2. The van der Waals surface area contributed by atoms with Gasteiger partial charge in [0.2, 0.25) is 5.91 Å². The number of amides is 1. The number of benzene rings is 1. The van der Waals surface area contributed by atoms with Gasteiger partial charge >= 0.3 is 0 Å².